The van der Waals surface area contributed by atoms with Crippen molar-refractivity contribution in [3.8, 4) is 33.4 Å². The summed E-state index contributed by atoms with van der Waals surface area (Å²) >= 11 is 0. The fourth-order valence-corrected chi connectivity index (χ4v) is 6.67. The van der Waals surface area contributed by atoms with E-state index in [0.717, 1.165) is 65.5 Å². The molecule has 0 fully saturated rings. The Morgan fingerprint density at radius 2 is 0.977 bits per heavy atom. The van der Waals surface area contributed by atoms with Gasteiger partial charge in [0, 0.05) is 10.8 Å². The van der Waals surface area contributed by atoms with Gasteiger partial charge in [-0.25, -0.2) is 0 Å². The van der Waals surface area contributed by atoms with E-state index < -0.39 is 0 Å². The molecule has 0 aliphatic rings. The maximum atomic E-state index is 9.72. The van der Waals surface area contributed by atoms with Crippen molar-refractivity contribution >= 4 is 54.3 Å². The minimum absolute atomic E-state index is 0.00464. The molecule has 0 radical (unpaired) electrons. The van der Waals surface area contributed by atoms with E-state index in [4.69, 9.17) is 5.79 Å². The fraction of sp³-hybridized carbons (Fsp3) is 0. The fourth-order valence-electron chi connectivity index (χ4n) is 6.67. The largest absolute Gasteiger partial charge is 0.456 e. The Labute approximate surface area is 253 Å². The second-order valence-corrected chi connectivity index (χ2v) is 11.0. The van der Waals surface area contributed by atoms with Crippen LogP contribution in [0, 0.1) is 0 Å². The Morgan fingerprint density at radius 3 is 1.70 bits per heavy atom. The van der Waals surface area contributed by atoms with Gasteiger partial charge in [-0.2, -0.15) is 0 Å². The highest BCUT2D eigenvalue weighted by atomic mass is 16.3. The normalized spacial score (nSPS) is 12.7. The second-order valence-electron chi connectivity index (χ2n) is 11.0. The standard InChI is InChI=1S/C42H26O/c1-2-11-27(12-3-1)29-14-10-15-30(25-29)40-33-17-6-8-19-35(33)41(36-20-9-7-18-34(36)40)31-22-23-38-37(26-31)42-32-16-5-4-13-28(32)21-24-39(42)43-38/h1-26H/i22D,23D,26D. The van der Waals surface area contributed by atoms with E-state index >= 15 is 0 Å². The Hall–Kier alpha value is -5.66. The van der Waals surface area contributed by atoms with Crippen LogP contribution in [-0.2, 0) is 0 Å². The van der Waals surface area contributed by atoms with Gasteiger partial charge >= 0.3 is 0 Å². The van der Waals surface area contributed by atoms with Gasteiger partial charge in [0.15, 0.2) is 0 Å². The summed E-state index contributed by atoms with van der Waals surface area (Å²) in [6.07, 6.45) is 0. The molecule has 0 bridgehead atoms. The molecule has 9 aromatic rings. The Balaban J connectivity index is 1.42. The zero-order chi connectivity index (χ0) is 30.9. The van der Waals surface area contributed by atoms with Gasteiger partial charge in [-0.1, -0.05) is 133 Å². The van der Waals surface area contributed by atoms with Crippen LogP contribution in [0.2, 0.25) is 0 Å². The SMILES string of the molecule is [2H]c1c(-c2c3ccccc3c(-c3cccc(-c4ccccc4)c3)c3ccccc23)c([2H])c2c(oc3ccc4ccccc4c32)c1[2H]. The number of hydrogen-bond donors (Lipinski definition) is 0. The lowest BCUT2D eigenvalue weighted by Gasteiger charge is -2.18. The molecule has 0 atom stereocenters. The summed E-state index contributed by atoms with van der Waals surface area (Å²) in [5.41, 5.74) is 6.66. The van der Waals surface area contributed by atoms with E-state index in [2.05, 4.69) is 72.8 Å². The van der Waals surface area contributed by atoms with Crippen molar-refractivity contribution in [1.29, 1.82) is 0 Å². The van der Waals surface area contributed by atoms with E-state index in [0.29, 0.717) is 16.5 Å². The van der Waals surface area contributed by atoms with Crippen molar-refractivity contribution in [1.82, 2.24) is 0 Å². The number of furan rings is 1. The van der Waals surface area contributed by atoms with Crippen LogP contribution in [-0.4, -0.2) is 0 Å². The monoisotopic (exact) mass is 549 g/mol. The third-order valence-electron chi connectivity index (χ3n) is 8.57. The van der Waals surface area contributed by atoms with Crippen molar-refractivity contribution < 1.29 is 8.53 Å². The summed E-state index contributed by atoms with van der Waals surface area (Å²) in [7, 11) is 0. The molecule has 1 nitrogen and oxygen atoms in total. The van der Waals surface area contributed by atoms with E-state index in [1.165, 1.54) is 0 Å². The molecule has 0 unspecified atom stereocenters. The molecule has 0 aliphatic carbocycles. The molecule has 0 saturated heterocycles. The maximum absolute atomic E-state index is 9.72. The van der Waals surface area contributed by atoms with Crippen molar-refractivity contribution in [3.63, 3.8) is 0 Å². The van der Waals surface area contributed by atoms with Crippen molar-refractivity contribution in [3.05, 3.63) is 158 Å². The average molecular weight is 550 g/mol. The molecule has 200 valence electrons. The molecular weight excluding hydrogens is 520 g/mol. The molecular formula is C42H26O. The summed E-state index contributed by atoms with van der Waals surface area (Å²) in [6, 6.07) is 47.7. The first-order valence-electron chi connectivity index (χ1n) is 16.0. The number of rotatable bonds is 3. The van der Waals surface area contributed by atoms with Crippen LogP contribution in [0.4, 0.5) is 0 Å². The summed E-state index contributed by atoms with van der Waals surface area (Å²) in [6.45, 7) is 0. The molecule has 0 spiro atoms. The molecule has 1 heterocycles. The Kier molecular flexibility index (Phi) is 4.63. The number of hydrogen-bond acceptors (Lipinski definition) is 1. The van der Waals surface area contributed by atoms with Crippen molar-refractivity contribution in [2.24, 2.45) is 0 Å². The minimum atomic E-state index is -0.00548. The third-order valence-corrected chi connectivity index (χ3v) is 8.57. The van der Waals surface area contributed by atoms with E-state index in [1.54, 1.807) is 0 Å². The van der Waals surface area contributed by atoms with Gasteiger partial charge in [0.2, 0.25) is 0 Å². The van der Waals surface area contributed by atoms with E-state index in [1.807, 2.05) is 66.7 Å². The van der Waals surface area contributed by atoms with E-state index in [9.17, 15) is 2.74 Å². The van der Waals surface area contributed by atoms with Crippen LogP contribution in [0.15, 0.2) is 162 Å². The zero-order valence-corrected chi connectivity index (χ0v) is 23.2. The average Bonchev–Trinajstić information content (AvgIpc) is 3.52. The van der Waals surface area contributed by atoms with Gasteiger partial charge in [-0.15, -0.1) is 0 Å². The highest BCUT2D eigenvalue weighted by molar-refractivity contribution is 6.23. The van der Waals surface area contributed by atoms with Gasteiger partial charge in [-0.3, -0.25) is 0 Å². The van der Waals surface area contributed by atoms with Crippen LogP contribution in [0.3, 0.4) is 0 Å². The summed E-state index contributed by atoms with van der Waals surface area (Å²) < 4.78 is 34.4. The predicted molar refractivity (Wildman–Crippen MR) is 183 cm³/mol. The molecule has 9 rings (SSSR count). The molecule has 1 heteroatoms. The number of fused-ring (bicyclic) bond motifs is 7. The highest BCUT2D eigenvalue weighted by Crippen LogP contribution is 2.45. The zero-order valence-electron chi connectivity index (χ0n) is 26.2. The third kappa shape index (κ3) is 3.72. The van der Waals surface area contributed by atoms with Gasteiger partial charge in [0.1, 0.15) is 11.2 Å². The lowest BCUT2D eigenvalue weighted by molar-refractivity contribution is 0.669. The molecule has 0 aliphatic heterocycles. The van der Waals surface area contributed by atoms with Crippen LogP contribution in [0.1, 0.15) is 4.11 Å². The van der Waals surface area contributed by atoms with Crippen LogP contribution < -0.4 is 0 Å². The smallest absolute Gasteiger partial charge is 0.136 e. The predicted octanol–water partition coefficient (Wildman–Crippen LogP) is 12.0. The molecule has 1 aromatic heterocycles. The van der Waals surface area contributed by atoms with Gasteiger partial charge < -0.3 is 4.42 Å². The highest BCUT2D eigenvalue weighted by Gasteiger charge is 2.18. The van der Waals surface area contributed by atoms with Crippen LogP contribution in [0.5, 0.6) is 0 Å². The summed E-state index contributed by atoms with van der Waals surface area (Å²) in [4.78, 5) is 0. The first-order chi connectivity index (χ1) is 22.6. The topological polar surface area (TPSA) is 13.1 Å². The first kappa shape index (κ1) is 21.1. The van der Waals surface area contributed by atoms with Crippen LogP contribution in [0.25, 0.3) is 87.6 Å². The quantitative estimate of drug-likeness (QED) is 0.200. The van der Waals surface area contributed by atoms with Gasteiger partial charge in [-0.05, 0) is 89.9 Å². The van der Waals surface area contributed by atoms with E-state index in [-0.39, 0.29) is 23.7 Å². The molecule has 0 saturated carbocycles. The Morgan fingerprint density at radius 1 is 0.395 bits per heavy atom. The summed E-state index contributed by atoms with van der Waals surface area (Å²) in [5.74, 6) is 0. The lowest BCUT2D eigenvalue weighted by atomic mass is 9.85. The van der Waals surface area contributed by atoms with Gasteiger partial charge in [0.25, 0.3) is 0 Å². The van der Waals surface area contributed by atoms with Crippen molar-refractivity contribution in [2.45, 2.75) is 0 Å². The molecule has 0 N–H and O–H groups in total. The summed E-state index contributed by atoms with van der Waals surface area (Å²) in [5, 5.41) is 7.37. The Bertz CT molecular complexity index is 2610. The molecule has 0 amide bonds. The van der Waals surface area contributed by atoms with Crippen LogP contribution >= 0.6 is 0 Å². The van der Waals surface area contributed by atoms with Gasteiger partial charge in [0.05, 0.1) is 4.11 Å². The molecule has 43 heavy (non-hydrogen) atoms. The minimum Gasteiger partial charge on any atom is -0.456 e. The lowest BCUT2D eigenvalue weighted by Crippen LogP contribution is -1.91. The van der Waals surface area contributed by atoms with Crippen molar-refractivity contribution in [2.75, 3.05) is 0 Å². The first-order valence-corrected chi connectivity index (χ1v) is 14.5. The maximum Gasteiger partial charge on any atom is 0.136 e. The second kappa shape index (κ2) is 9.44. The number of benzene rings is 8. The molecule has 8 aromatic carbocycles.